The molecule has 5 N–H and O–H groups in total. The van der Waals surface area contributed by atoms with Crippen LogP contribution in [-0.2, 0) is 4.74 Å². The number of anilines is 1. The average Bonchev–Trinajstić information content (AvgIpc) is 3.08. The standard InChI is InChI=1S/C17H25N5O5/c1-7-3-5-9(6-4-7)27-17-19-13(18)10-14(20-17)22(21-15(10)25)16-12(24)11(23)8(2)26-16/h7-9,11-12,16,23-24H,3-6H2,1-2H3,(H,21,25)(H2,18,19,20)/t7?,8-,9?,11-,12-,16-/m1/s1. The first kappa shape index (κ1) is 18.2. The number of rotatable bonds is 3. The number of H-pyrrole nitrogens is 1. The summed E-state index contributed by atoms with van der Waals surface area (Å²) in [6.45, 7) is 3.86. The minimum absolute atomic E-state index is 0.000242. The van der Waals surface area contributed by atoms with Crippen LogP contribution in [0.4, 0.5) is 5.82 Å². The van der Waals surface area contributed by atoms with Crippen LogP contribution in [0.2, 0.25) is 0 Å². The molecular weight excluding hydrogens is 354 g/mol. The second-order valence-electron chi connectivity index (χ2n) is 7.61. The van der Waals surface area contributed by atoms with Crippen molar-refractivity contribution in [2.75, 3.05) is 5.73 Å². The summed E-state index contributed by atoms with van der Waals surface area (Å²) >= 11 is 0. The van der Waals surface area contributed by atoms with Crippen molar-refractivity contribution in [1.82, 2.24) is 19.7 Å². The topological polar surface area (TPSA) is 149 Å². The van der Waals surface area contributed by atoms with E-state index in [4.69, 9.17) is 15.2 Å². The zero-order valence-electron chi connectivity index (χ0n) is 15.3. The van der Waals surface area contributed by atoms with Crippen molar-refractivity contribution in [3.05, 3.63) is 10.4 Å². The molecular formula is C17H25N5O5. The highest BCUT2D eigenvalue weighted by Gasteiger charge is 2.42. The fourth-order valence-corrected chi connectivity index (χ4v) is 3.83. The van der Waals surface area contributed by atoms with E-state index in [1.807, 2.05) is 0 Å². The molecule has 1 aliphatic heterocycles. The molecule has 0 unspecified atom stereocenters. The van der Waals surface area contributed by atoms with Crippen LogP contribution in [0.15, 0.2) is 4.79 Å². The highest BCUT2D eigenvalue weighted by Crippen LogP contribution is 2.32. The predicted octanol–water partition coefficient (Wildman–Crippen LogP) is 0.298. The van der Waals surface area contributed by atoms with Gasteiger partial charge in [0.2, 0.25) is 0 Å². The molecule has 10 heteroatoms. The molecule has 1 saturated carbocycles. The minimum Gasteiger partial charge on any atom is -0.460 e. The third-order valence-electron chi connectivity index (χ3n) is 5.54. The average molecular weight is 379 g/mol. The van der Waals surface area contributed by atoms with Gasteiger partial charge >= 0.3 is 6.01 Å². The van der Waals surface area contributed by atoms with Crippen LogP contribution in [0.25, 0.3) is 11.0 Å². The third-order valence-corrected chi connectivity index (χ3v) is 5.54. The molecule has 2 aliphatic rings. The Morgan fingerprint density at radius 1 is 1.19 bits per heavy atom. The Kier molecular flexibility index (Phi) is 4.57. The van der Waals surface area contributed by atoms with Crippen molar-refractivity contribution < 1.29 is 19.7 Å². The molecule has 0 spiro atoms. The van der Waals surface area contributed by atoms with Crippen LogP contribution < -0.4 is 16.0 Å². The highest BCUT2D eigenvalue weighted by atomic mass is 16.6. The van der Waals surface area contributed by atoms with E-state index in [1.165, 1.54) is 4.68 Å². The number of nitrogen functional groups attached to an aromatic ring is 1. The Morgan fingerprint density at radius 3 is 2.52 bits per heavy atom. The van der Waals surface area contributed by atoms with Crippen molar-refractivity contribution in [2.45, 2.75) is 70.2 Å². The Hall–Kier alpha value is -2.17. The molecule has 4 atom stereocenters. The maximum Gasteiger partial charge on any atom is 0.320 e. The number of hydrogen-bond acceptors (Lipinski definition) is 8. The van der Waals surface area contributed by atoms with Gasteiger partial charge in [-0.1, -0.05) is 6.92 Å². The van der Waals surface area contributed by atoms with Crippen LogP contribution in [-0.4, -0.2) is 54.4 Å². The molecule has 0 radical (unpaired) electrons. The van der Waals surface area contributed by atoms with E-state index in [2.05, 4.69) is 22.0 Å². The summed E-state index contributed by atoms with van der Waals surface area (Å²) in [5, 5.41) is 22.9. The molecule has 3 heterocycles. The zero-order valence-corrected chi connectivity index (χ0v) is 15.3. The molecule has 0 aromatic carbocycles. The van der Waals surface area contributed by atoms with Gasteiger partial charge in [0.15, 0.2) is 11.9 Å². The van der Waals surface area contributed by atoms with E-state index in [0.717, 1.165) is 25.7 Å². The van der Waals surface area contributed by atoms with Gasteiger partial charge < -0.3 is 25.4 Å². The molecule has 148 valence electrons. The Labute approximate surface area is 155 Å². The minimum atomic E-state index is -1.22. The van der Waals surface area contributed by atoms with Crippen LogP contribution in [0.1, 0.15) is 45.8 Å². The summed E-state index contributed by atoms with van der Waals surface area (Å²) in [6.07, 6.45) is 0.120. The molecule has 10 nitrogen and oxygen atoms in total. The number of aromatic amines is 1. The maximum absolute atomic E-state index is 12.3. The van der Waals surface area contributed by atoms with Crippen molar-refractivity contribution in [3.8, 4) is 6.01 Å². The smallest absolute Gasteiger partial charge is 0.320 e. The number of nitrogens with one attached hydrogen (secondary N) is 1. The van der Waals surface area contributed by atoms with Gasteiger partial charge in [-0.3, -0.25) is 9.89 Å². The van der Waals surface area contributed by atoms with Crippen molar-refractivity contribution in [1.29, 1.82) is 0 Å². The highest BCUT2D eigenvalue weighted by molar-refractivity contribution is 5.85. The summed E-state index contributed by atoms with van der Waals surface area (Å²) in [6, 6.07) is 0.0911. The summed E-state index contributed by atoms with van der Waals surface area (Å²) in [5.41, 5.74) is 5.65. The lowest BCUT2D eigenvalue weighted by atomic mass is 9.89. The summed E-state index contributed by atoms with van der Waals surface area (Å²) in [7, 11) is 0. The fourth-order valence-electron chi connectivity index (χ4n) is 3.83. The lowest BCUT2D eigenvalue weighted by molar-refractivity contribution is -0.0375. The third kappa shape index (κ3) is 3.17. The van der Waals surface area contributed by atoms with Crippen molar-refractivity contribution >= 4 is 16.9 Å². The SMILES string of the molecule is CC1CCC(Oc2nc(N)c3c(=O)[nH]n([C@@H]4O[C@H](C)[C@@H](O)[C@H]4O)c3n2)CC1. The van der Waals surface area contributed by atoms with Gasteiger partial charge in [-0.15, -0.1) is 0 Å². The summed E-state index contributed by atoms with van der Waals surface area (Å²) in [4.78, 5) is 20.8. The van der Waals surface area contributed by atoms with Crippen molar-refractivity contribution in [2.24, 2.45) is 5.92 Å². The van der Waals surface area contributed by atoms with Gasteiger partial charge in [-0.05, 0) is 38.5 Å². The van der Waals surface area contributed by atoms with Crippen molar-refractivity contribution in [3.63, 3.8) is 0 Å². The van der Waals surface area contributed by atoms with Gasteiger partial charge in [0, 0.05) is 0 Å². The van der Waals surface area contributed by atoms with Gasteiger partial charge in [-0.2, -0.15) is 9.97 Å². The van der Waals surface area contributed by atoms with Gasteiger partial charge in [0.05, 0.1) is 6.10 Å². The molecule has 1 aliphatic carbocycles. The number of ether oxygens (including phenoxy) is 2. The second-order valence-corrected chi connectivity index (χ2v) is 7.61. The molecule has 1 saturated heterocycles. The van der Waals surface area contributed by atoms with E-state index >= 15 is 0 Å². The first-order valence-corrected chi connectivity index (χ1v) is 9.31. The van der Waals surface area contributed by atoms with E-state index in [-0.39, 0.29) is 29.0 Å². The Bertz CT molecular complexity index is 888. The largest absolute Gasteiger partial charge is 0.460 e. The monoisotopic (exact) mass is 379 g/mol. The fraction of sp³-hybridized carbons (Fsp3) is 0.706. The Morgan fingerprint density at radius 2 is 1.89 bits per heavy atom. The van der Waals surface area contributed by atoms with Crippen LogP contribution in [0.5, 0.6) is 6.01 Å². The predicted molar refractivity (Wildman–Crippen MR) is 96.2 cm³/mol. The summed E-state index contributed by atoms with van der Waals surface area (Å²) in [5.74, 6) is 0.683. The van der Waals surface area contributed by atoms with Crippen LogP contribution in [0, 0.1) is 5.92 Å². The first-order chi connectivity index (χ1) is 12.8. The lowest BCUT2D eigenvalue weighted by Crippen LogP contribution is -2.31. The summed E-state index contributed by atoms with van der Waals surface area (Å²) < 4.78 is 12.8. The Balaban J connectivity index is 1.69. The van der Waals surface area contributed by atoms with Crippen LogP contribution >= 0.6 is 0 Å². The number of aromatic nitrogens is 4. The van der Waals surface area contributed by atoms with E-state index in [1.54, 1.807) is 6.92 Å². The quantitative estimate of drug-likeness (QED) is 0.595. The molecule has 0 bridgehead atoms. The molecule has 0 amide bonds. The van der Waals surface area contributed by atoms with E-state index in [0.29, 0.717) is 5.92 Å². The number of hydrogen-bond donors (Lipinski definition) is 4. The number of aliphatic hydroxyl groups is 2. The number of nitrogens with two attached hydrogens (primary N) is 1. The lowest BCUT2D eigenvalue weighted by Gasteiger charge is -2.26. The first-order valence-electron chi connectivity index (χ1n) is 9.31. The van der Waals surface area contributed by atoms with E-state index in [9.17, 15) is 15.0 Å². The maximum atomic E-state index is 12.3. The zero-order chi connectivity index (χ0) is 19.3. The molecule has 27 heavy (non-hydrogen) atoms. The van der Waals surface area contributed by atoms with Crippen LogP contribution in [0.3, 0.4) is 0 Å². The van der Waals surface area contributed by atoms with Gasteiger partial charge in [0.1, 0.15) is 29.5 Å². The number of aliphatic hydroxyl groups excluding tert-OH is 2. The molecule has 2 aromatic rings. The second kappa shape index (κ2) is 6.77. The number of nitrogens with zero attached hydrogens (tertiary/aromatic N) is 3. The molecule has 2 fully saturated rings. The normalized spacial score (nSPS) is 34.2. The molecule has 4 rings (SSSR count). The van der Waals surface area contributed by atoms with Gasteiger partial charge in [0.25, 0.3) is 5.56 Å². The van der Waals surface area contributed by atoms with Gasteiger partial charge in [-0.25, -0.2) is 4.68 Å². The van der Waals surface area contributed by atoms with E-state index < -0.39 is 30.1 Å². The molecule has 2 aromatic heterocycles. The number of fused-ring (bicyclic) bond motifs is 1.